The van der Waals surface area contributed by atoms with Crippen molar-refractivity contribution >= 4 is 11.6 Å². The molecule has 0 fully saturated rings. The third-order valence-corrected chi connectivity index (χ3v) is 2.66. The second-order valence-corrected chi connectivity index (χ2v) is 4.46. The van der Waals surface area contributed by atoms with Crippen LogP contribution in [0.5, 0.6) is 5.75 Å². The number of rotatable bonds is 4. The number of methoxy groups -OCH3 is 1. The summed E-state index contributed by atoms with van der Waals surface area (Å²) in [6, 6.07) is 8.78. The van der Waals surface area contributed by atoms with E-state index in [1.54, 1.807) is 31.4 Å². The van der Waals surface area contributed by atoms with Crippen molar-refractivity contribution in [1.29, 1.82) is 0 Å². The molecule has 1 aromatic heterocycles. The van der Waals surface area contributed by atoms with Crippen molar-refractivity contribution in [3.8, 4) is 5.75 Å². The number of anilines is 1. The van der Waals surface area contributed by atoms with Crippen molar-refractivity contribution in [2.45, 2.75) is 19.8 Å². The van der Waals surface area contributed by atoms with E-state index < -0.39 is 0 Å². The van der Waals surface area contributed by atoms with E-state index in [1.807, 2.05) is 19.9 Å². The van der Waals surface area contributed by atoms with Gasteiger partial charge >= 0.3 is 0 Å². The third-order valence-electron chi connectivity index (χ3n) is 2.66. The molecule has 2 aromatic rings. The zero-order chi connectivity index (χ0) is 13.8. The highest BCUT2D eigenvalue weighted by molar-refractivity contribution is 6.02. The van der Waals surface area contributed by atoms with Gasteiger partial charge in [0.05, 0.1) is 7.11 Å². The number of ether oxygens (including phenoxy) is 1. The van der Waals surface area contributed by atoms with Crippen LogP contribution in [0.1, 0.15) is 36.0 Å². The van der Waals surface area contributed by atoms with E-state index >= 15 is 0 Å². The highest BCUT2D eigenvalue weighted by Crippen LogP contribution is 2.19. The van der Waals surface area contributed by atoms with Crippen LogP contribution in [0.4, 0.5) is 5.69 Å². The lowest BCUT2D eigenvalue weighted by molar-refractivity contribution is 0.101. The van der Waals surface area contributed by atoms with E-state index in [4.69, 9.17) is 9.26 Å². The van der Waals surface area contributed by atoms with Gasteiger partial charge in [0, 0.05) is 23.7 Å². The molecule has 0 aliphatic heterocycles. The summed E-state index contributed by atoms with van der Waals surface area (Å²) in [5.41, 5.74) is 0.921. The van der Waals surface area contributed by atoms with E-state index in [2.05, 4.69) is 10.5 Å². The fourth-order valence-electron chi connectivity index (χ4n) is 1.56. The average Bonchev–Trinajstić information content (AvgIpc) is 2.89. The molecule has 2 rings (SSSR count). The van der Waals surface area contributed by atoms with Crippen LogP contribution >= 0.6 is 0 Å². The summed E-state index contributed by atoms with van der Waals surface area (Å²) in [6.07, 6.45) is 0. The maximum Gasteiger partial charge on any atom is 0.277 e. The van der Waals surface area contributed by atoms with Crippen molar-refractivity contribution in [1.82, 2.24) is 5.16 Å². The fraction of sp³-hybridized carbons (Fsp3) is 0.286. The molecule has 0 spiro atoms. The molecule has 0 bridgehead atoms. The minimum atomic E-state index is -0.302. The molecular formula is C14H16N2O3. The number of hydrogen-bond donors (Lipinski definition) is 1. The highest BCUT2D eigenvalue weighted by Gasteiger charge is 2.14. The van der Waals surface area contributed by atoms with E-state index in [-0.39, 0.29) is 17.5 Å². The molecule has 0 saturated carbocycles. The molecule has 0 unspecified atom stereocenters. The van der Waals surface area contributed by atoms with Crippen molar-refractivity contribution in [3.63, 3.8) is 0 Å². The number of aromatic nitrogens is 1. The Bertz CT molecular complexity index is 576. The Balaban J connectivity index is 2.11. The zero-order valence-corrected chi connectivity index (χ0v) is 11.1. The minimum absolute atomic E-state index is 0.200. The Morgan fingerprint density at radius 2 is 2.16 bits per heavy atom. The third kappa shape index (κ3) is 3.13. The first-order chi connectivity index (χ1) is 9.10. The van der Waals surface area contributed by atoms with Gasteiger partial charge in [-0.1, -0.05) is 25.1 Å². The molecular weight excluding hydrogens is 244 g/mol. The summed E-state index contributed by atoms with van der Waals surface area (Å²) in [7, 11) is 1.58. The molecule has 0 saturated heterocycles. The van der Waals surface area contributed by atoms with Gasteiger partial charge in [0.1, 0.15) is 11.5 Å². The van der Waals surface area contributed by atoms with Crippen LogP contribution in [-0.4, -0.2) is 18.2 Å². The van der Waals surface area contributed by atoms with E-state index in [1.165, 1.54) is 0 Å². The summed E-state index contributed by atoms with van der Waals surface area (Å²) in [6.45, 7) is 3.95. The Morgan fingerprint density at radius 1 is 1.37 bits per heavy atom. The van der Waals surface area contributed by atoms with E-state index in [0.29, 0.717) is 17.2 Å². The van der Waals surface area contributed by atoms with Gasteiger partial charge in [0.25, 0.3) is 5.91 Å². The van der Waals surface area contributed by atoms with E-state index in [9.17, 15) is 4.79 Å². The quantitative estimate of drug-likeness (QED) is 0.917. The molecule has 5 nitrogen and oxygen atoms in total. The molecule has 1 aromatic carbocycles. The lowest BCUT2D eigenvalue weighted by Gasteiger charge is -2.04. The average molecular weight is 260 g/mol. The second-order valence-electron chi connectivity index (χ2n) is 4.46. The number of carbonyl (C=O) groups excluding carboxylic acids is 1. The van der Waals surface area contributed by atoms with Crippen molar-refractivity contribution < 1.29 is 14.1 Å². The second kappa shape index (κ2) is 5.56. The molecule has 0 aliphatic carbocycles. The number of amides is 1. The molecule has 19 heavy (non-hydrogen) atoms. The Morgan fingerprint density at radius 3 is 2.79 bits per heavy atom. The normalized spacial score (nSPS) is 10.5. The van der Waals surface area contributed by atoms with Gasteiger partial charge in [-0.2, -0.15) is 0 Å². The van der Waals surface area contributed by atoms with Crippen LogP contribution in [0, 0.1) is 0 Å². The lowest BCUT2D eigenvalue weighted by Crippen LogP contribution is -2.12. The van der Waals surface area contributed by atoms with Gasteiger partial charge in [0.15, 0.2) is 5.69 Å². The molecule has 5 heteroatoms. The number of benzene rings is 1. The summed E-state index contributed by atoms with van der Waals surface area (Å²) < 4.78 is 10.2. The zero-order valence-electron chi connectivity index (χ0n) is 11.1. The summed E-state index contributed by atoms with van der Waals surface area (Å²) >= 11 is 0. The van der Waals surface area contributed by atoms with Crippen molar-refractivity contribution in [2.24, 2.45) is 0 Å². The first-order valence-corrected chi connectivity index (χ1v) is 6.02. The largest absolute Gasteiger partial charge is 0.497 e. The topological polar surface area (TPSA) is 64.4 Å². The highest BCUT2D eigenvalue weighted by atomic mass is 16.5. The minimum Gasteiger partial charge on any atom is -0.497 e. The molecule has 0 atom stereocenters. The predicted octanol–water partition coefficient (Wildman–Crippen LogP) is 3.06. The summed E-state index contributed by atoms with van der Waals surface area (Å²) in [4.78, 5) is 12.0. The van der Waals surface area contributed by atoms with Gasteiger partial charge in [-0.15, -0.1) is 0 Å². The standard InChI is InChI=1S/C14H16N2O3/c1-9(2)13-8-12(16-19-13)14(17)15-10-5-4-6-11(7-10)18-3/h4-9H,1-3H3,(H,15,17). The molecule has 100 valence electrons. The lowest BCUT2D eigenvalue weighted by atomic mass is 10.1. The van der Waals surface area contributed by atoms with Gasteiger partial charge in [-0.25, -0.2) is 0 Å². The number of hydrogen-bond acceptors (Lipinski definition) is 4. The Kier molecular flexibility index (Phi) is 3.85. The van der Waals surface area contributed by atoms with Crippen LogP contribution in [0.2, 0.25) is 0 Å². The predicted molar refractivity (Wildman–Crippen MR) is 71.5 cm³/mol. The number of carbonyl (C=O) groups is 1. The van der Waals surface area contributed by atoms with Gasteiger partial charge in [-0.05, 0) is 12.1 Å². The number of nitrogens with zero attached hydrogens (tertiary/aromatic N) is 1. The van der Waals surface area contributed by atoms with Crippen LogP contribution in [0.25, 0.3) is 0 Å². The molecule has 1 N–H and O–H groups in total. The van der Waals surface area contributed by atoms with Gasteiger partial charge in [-0.3, -0.25) is 4.79 Å². The van der Waals surface area contributed by atoms with Crippen molar-refractivity contribution in [2.75, 3.05) is 12.4 Å². The van der Waals surface area contributed by atoms with Crippen LogP contribution in [-0.2, 0) is 0 Å². The Labute approximate surface area is 111 Å². The van der Waals surface area contributed by atoms with Crippen molar-refractivity contribution in [3.05, 3.63) is 41.8 Å². The maximum atomic E-state index is 12.0. The number of nitrogens with one attached hydrogen (secondary N) is 1. The fourth-order valence-corrected chi connectivity index (χ4v) is 1.56. The molecule has 1 amide bonds. The van der Waals surface area contributed by atoms with Gasteiger partial charge in [0.2, 0.25) is 0 Å². The van der Waals surface area contributed by atoms with Crippen LogP contribution in [0.15, 0.2) is 34.9 Å². The maximum absolute atomic E-state index is 12.0. The summed E-state index contributed by atoms with van der Waals surface area (Å²) in [5, 5.41) is 6.50. The van der Waals surface area contributed by atoms with Crippen LogP contribution in [0.3, 0.4) is 0 Å². The van der Waals surface area contributed by atoms with Gasteiger partial charge < -0.3 is 14.6 Å². The molecule has 0 radical (unpaired) electrons. The summed E-state index contributed by atoms with van der Waals surface area (Å²) in [5.74, 6) is 1.27. The Hall–Kier alpha value is -2.30. The smallest absolute Gasteiger partial charge is 0.277 e. The first-order valence-electron chi connectivity index (χ1n) is 6.02. The first kappa shape index (κ1) is 13.1. The monoisotopic (exact) mass is 260 g/mol. The van der Waals surface area contributed by atoms with Crippen LogP contribution < -0.4 is 10.1 Å². The molecule has 0 aliphatic rings. The molecule has 1 heterocycles. The SMILES string of the molecule is COc1cccc(NC(=O)c2cc(C(C)C)on2)c1. The van der Waals surface area contributed by atoms with E-state index in [0.717, 1.165) is 0 Å².